The first-order valence-corrected chi connectivity index (χ1v) is 11.5. The molecule has 0 aromatic heterocycles. The monoisotopic (exact) mass is 420 g/mol. The number of rotatable bonds is 2. The van der Waals surface area contributed by atoms with Crippen LogP contribution >= 0.6 is 0 Å². The van der Waals surface area contributed by atoms with Gasteiger partial charge in [0.05, 0.1) is 7.11 Å². The molecule has 0 heterocycles. The Labute approximate surface area is 189 Å². The number of methoxy groups -OCH3 is 1. The van der Waals surface area contributed by atoms with Crippen LogP contribution < -0.4 is 4.74 Å². The van der Waals surface area contributed by atoms with Gasteiger partial charge in [-0.05, 0) is 51.0 Å². The van der Waals surface area contributed by atoms with Crippen molar-refractivity contribution in [1.29, 1.82) is 0 Å². The van der Waals surface area contributed by atoms with E-state index in [2.05, 4.69) is 86.6 Å². The summed E-state index contributed by atoms with van der Waals surface area (Å²) in [5, 5.41) is 0. The number of carbonyl (C=O) groups is 1. The Bertz CT molecular complexity index is 988. The zero-order valence-corrected chi connectivity index (χ0v) is 21.4. The van der Waals surface area contributed by atoms with Crippen LogP contribution in [0.2, 0.25) is 0 Å². The molecule has 2 nitrogen and oxygen atoms in total. The Morgan fingerprint density at radius 3 is 1.74 bits per heavy atom. The smallest absolute Gasteiger partial charge is 0.166 e. The Balaban J connectivity index is 2.47. The lowest BCUT2D eigenvalue weighted by atomic mass is 9.77. The first-order chi connectivity index (χ1) is 14.1. The third kappa shape index (κ3) is 4.31. The summed E-state index contributed by atoms with van der Waals surface area (Å²) >= 11 is 0. The van der Waals surface area contributed by atoms with Gasteiger partial charge in [-0.1, -0.05) is 87.4 Å². The summed E-state index contributed by atoms with van der Waals surface area (Å²) in [6, 6.07) is 9.07. The number of benzene rings is 2. The van der Waals surface area contributed by atoms with Gasteiger partial charge in [-0.25, -0.2) is 0 Å². The molecule has 0 spiro atoms. The molecule has 0 saturated carbocycles. The highest BCUT2D eigenvalue weighted by atomic mass is 16.5. The molecule has 0 amide bonds. The van der Waals surface area contributed by atoms with Crippen LogP contribution in [0.15, 0.2) is 24.3 Å². The van der Waals surface area contributed by atoms with Crippen molar-refractivity contribution in [1.82, 2.24) is 0 Å². The Kier molecular flexibility index (Phi) is 5.70. The first kappa shape index (κ1) is 23.6. The van der Waals surface area contributed by atoms with Crippen LogP contribution in [0.1, 0.15) is 102 Å². The van der Waals surface area contributed by atoms with Crippen LogP contribution in [0.25, 0.3) is 11.1 Å². The van der Waals surface area contributed by atoms with E-state index in [9.17, 15) is 4.79 Å². The third-order valence-electron chi connectivity index (χ3n) is 6.58. The molecule has 0 bridgehead atoms. The second-order valence-corrected chi connectivity index (χ2v) is 12.4. The maximum absolute atomic E-state index is 13.1. The minimum atomic E-state index is -0.129. The molecule has 1 unspecified atom stereocenters. The van der Waals surface area contributed by atoms with Crippen LogP contribution in [-0.4, -0.2) is 12.9 Å². The lowest BCUT2D eigenvalue weighted by molar-refractivity contribution is 0.0946. The molecule has 1 atom stereocenters. The van der Waals surface area contributed by atoms with Crippen molar-refractivity contribution >= 4 is 5.78 Å². The van der Waals surface area contributed by atoms with E-state index in [0.717, 1.165) is 34.4 Å². The zero-order chi connectivity index (χ0) is 23.5. The average Bonchev–Trinajstić information content (AvgIpc) is 2.91. The van der Waals surface area contributed by atoms with Gasteiger partial charge in [0.2, 0.25) is 0 Å². The standard InChI is InChI=1S/C29H40O2/c1-17-12-21-22(25(17)30)16-23(29(8,9)10)26(31-11)24(21)18-13-19(27(2,3)4)15-20(14-18)28(5,6)7/h13-17H,12H2,1-11H3. The van der Waals surface area contributed by atoms with Crippen LogP contribution in [0.5, 0.6) is 5.75 Å². The summed E-state index contributed by atoms with van der Waals surface area (Å²) < 4.78 is 6.09. The van der Waals surface area contributed by atoms with Gasteiger partial charge in [0.25, 0.3) is 0 Å². The van der Waals surface area contributed by atoms with Gasteiger partial charge < -0.3 is 4.74 Å². The summed E-state index contributed by atoms with van der Waals surface area (Å²) in [7, 11) is 1.76. The largest absolute Gasteiger partial charge is 0.496 e. The van der Waals surface area contributed by atoms with Gasteiger partial charge >= 0.3 is 0 Å². The van der Waals surface area contributed by atoms with Crippen LogP contribution in [0.4, 0.5) is 0 Å². The van der Waals surface area contributed by atoms with Gasteiger partial charge in [-0.15, -0.1) is 0 Å². The van der Waals surface area contributed by atoms with Crippen molar-refractivity contribution in [2.45, 2.75) is 91.9 Å². The molecule has 2 aromatic carbocycles. The number of fused-ring (bicyclic) bond motifs is 1. The van der Waals surface area contributed by atoms with Crippen molar-refractivity contribution < 1.29 is 9.53 Å². The fraction of sp³-hybridized carbons (Fsp3) is 0.552. The van der Waals surface area contributed by atoms with E-state index in [1.54, 1.807) is 7.11 Å². The van der Waals surface area contributed by atoms with E-state index < -0.39 is 0 Å². The topological polar surface area (TPSA) is 26.3 Å². The van der Waals surface area contributed by atoms with Gasteiger partial charge in [0.15, 0.2) is 5.78 Å². The SMILES string of the molecule is COc1c(C(C)(C)C)cc2c(c1-c1cc(C(C)(C)C)cc(C(C)(C)C)c1)CC(C)C2=O. The molecule has 0 saturated heterocycles. The summed E-state index contributed by atoms with van der Waals surface area (Å²) in [5.74, 6) is 1.19. The molecular weight excluding hydrogens is 380 g/mol. The maximum Gasteiger partial charge on any atom is 0.166 e. The Hall–Kier alpha value is -2.09. The molecule has 0 radical (unpaired) electrons. The minimum Gasteiger partial charge on any atom is -0.496 e. The molecule has 0 N–H and O–H groups in total. The van der Waals surface area contributed by atoms with Gasteiger partial charge in [0, 0.05) is 22.6 Å². The molecule has 31 heavy (non-hydrogen) atoms. The predicted molar refractivity (Wildman–Crippen MR) is 132 cm³/mol. The Morgan fingerprint density at radius 1 is 0.806 bits per heavy atom. The lowest BCUT2D eigenvalue weighted by Crippen LogP contribution is -2.17. The number of hydrogen-bond acceptors (Lipinski definition) is 2. The van der Waals surface area contributed by atoms with Crippen LogP contribution in [0, 0.1) is 5.92 Å². The van der Waals surface area contributed by atoms with Crippen molar-refractivity contribution in [3.63, 3.8) is 0 Å². The molecular formula is C29H40O2. The molecule has 1 aliphatic carbocycles. The summed E-state index contributed by atoms with van der Waals surface area (Å²) in [5.41, 5.74) is 7.94. The summed E-state index contributed by atoms with van der Waals surface area (Å²) in [6.07, 6.45) is 0.773. The second kappa shape index (κ2) is 7.50. The van der Waals surface area contributed by atoms with Crippen molar-refractivity contribution in [2.75, 3.05) is 7.11 Å². The van der Waals surface area contributed by atoms with E-state index in [4.69, 9.17) is 4.74 Å². The normalized spacial score (nSPS) is 17.1. The highest BCUT2D eigenvalue weighted by Crippen LogP contribution is 2.48. The molecule has 0 aliphatic heterocycles. The number of carbonyl (C=O) groups excluding carboxylic acids is 1. The molecule has 0 fully saturated rings. The van der Waals surface area contributed by atoms with Gasteiger partial charge in [0.1, 0.15) is 5.75 Å². The molecule has 3 rings (SSSR count). The lowest BCUT2D eigenvalue weighted by Gasteiger charge is -2.29. The van der Waals surface area contributed by atoms with Crippen LogP contribution in [-0.2, 0) is 22.7 Å². The summed E-state index contributed by atoms with van der Waals surface area (Å²) in [4.78, 5) is 13.1. The van der Waals surface area contributed by atoms with Crippen LogP contribution in [0.3, 0.4) is 0 Å². The fourth-order valence-corrected chi connectivity index (χ4v) is 4.51. The molecule has 168 valence electrons. The highest BCUT2D eigenvalue weighted by Gasteiger charge is 2.35. The second-order valence-electron chi connectivity index (χ2n) is 12.4. The van der Waals surface area contributed by atoms with Crippen molar-refractivity contribution in [3.8, 4) is 16.9 Å². The average molecular weight is 421 g/mol. The Morgan fingerprint density at radius 2 is 1.32 bits per heavy atom. The fourth-order valence-electron chi connectivity index (χ4n) is 4.51. The highest BCUT2D eigenvalue weighted by molar-refractivity contribution is 6.05. The van der Waals surface area contributed by atoms with Crippen molar-refractivity contribution in [3.05, 3.63) is 52.1 Å². The minimum absolute atomic E-state index is 0.0153. The number of Topliss-reactive ketones (excluding diaryl/α,β-unsaturated/α-hetero) is 1. The molecule has 2 aromatic rings. The van der Waals surface area contributed by atoms with E-state index in [0.29, 0.717) is 0 Å². The van der Waals surface area contributed by atoms with Crippen molar-refractivity contribution in [2.24, 2.45) is 5.92 Å². The first-order valence-electron chi connectivity index (χ1n) is 11.5. The summed E-state index contributed by atoms with van der Waals surface area (Å²) in [6.45, 7) is 22.2. The van der Waals surface area contributed by atoms with E-state index in [-0.39, 0.29) is 27.9 Å². The zero-order valence-electron chi connectivity index (χ0n) is 21.4. The number of ether oxygens (including phenoxy) is 1. The number of hydrogen-bond donors (Lipinski definition) is 0. The predicted octanol–water partition coefficient (Wildman–Crippen LogP) is 7.63. The van der Waals surface area contributed by atoms with E-state index in [1.165, 1.54) is 16.7 Å². The maximum atomic E-state index is 13.1. The van der Waals surface area contributed by atoms with Gasteiger partial charge in [-0.3, -0.25) is 4.79 Å². The van der Waals surface area contributed by atoms with Gasteiger partial charge in [-0.2, -0.15) is 0 Å². The third-order valence-corrected chi connectivity index (χ3v) is 6.58. The van der Waals surface area contributed by atoms with E-state index >= 15 is 0 Å². The number of ketones is 1. The molecule has 2 heteroatoms. The van der Waals surface area contributed by atoms with E-state index in [1.807, 2.05) is 6.92 Å². The molecule has 1 aliphatic rings. The quantitative estimate of drug-likeness (QED) is 0.499.